The molecule has 1 unspecified atom stereocenters. The number of quaternary nitrogens is 1. The van der Waals surface area contributed by atoms with Crippen LogP contribution in [0.2, 0.25) is 5.02 Å². The summed E-state index contributed by atoms with van der Waals surface area (Å²) in [5.74, 6) is 4.78. The molecule has 0 aliphatic heterocycles. The zero-order valence-corrected chi connectivity index (χ0v) is 8.99. The van der Waals surface area contributed by atoms with E-state index in [0.717, 1.165) is 5.56 Å². The number of aliphatic hydroxyl groups excluding tert-OH is 1. The zero-order chi connectivity index (χ0) is 11.4. The average Bonchev–Trinajstić information content (AvgIpc) is 2.14. The van der Waals surface area contributed by atoms with Crippen LogP contribution in [0, 0.1) is 12.1 Å². The second-order valence-corrected chi connectivity index (χ2v) is 3.58. The van der Waals surface area contributed by atoms with E-state index in [1.807, 2.05) is 13.0 Å². The summed E-state index contributed by atoms with van der Waals surface area (Å²) in [4.78, 5) is 4.47. The number of nitrogens with one attached hydrogen (secondary N) is 1. The molecule has 4 N–H and O–H groups in total. The van der Waals surface area contributed by atoms with Crippen LogP contribution in [0.5, 0.6) is 0 Å². The molecule has 0 saturated carbocycles. The fourth-order valence-electron chi connectivity index (χ4n) is 1.15. The van der Waals surface area contributed by atoms with E-state index in [0.29, 0.717) is 10.6 Å². The Bertz CT molecular complexity index is 333. The van der Waals surface area contributed by atoms with Gasteiger partial charge in [0, 0.05) is 10.6 Å². The second-order valence-electron chi connectivity index (χ2n) is 3.17. The predicted octanol–water partition coefficient (Wildman–Crippen LogP) is -0.130. The van der Waals surface area contributed by atoms with Crippen molar-refractivity contribution in [1.29, 1.82) is 0 Å². The minimum atomic E-state index is -0.953. The van der Waals surface area contributed by atoms with Crippen molar-refractivity contribution in [3.63, 3.8) is 0 Å². The Morgan fingerprint density at radius 2 is 2.33 bits per heavy atom. The Balaban J connectivity index is 2.69. The molecule has 0 aromatic heterocycles. The molecular weight excluding hydrogens is 220 g/mol. The van der Waals surface area contributed by atoms with Crippen LogP contribution < -0.4 is 11.2 Å². The number of rotatable bonds is 4. The van der Waals surface area contributed by atoms with Crippen LogP contribution in [-0.4, -0.2) is 11.7 Å². The van der Waals surface area contributed by atoms with E-state index < -0.39 is 11.4 Å². The van der Waals surface area contributed by atoms with E-state index in [1.165, 1.54) is 0 Å². The second kappa shape index (κ2) is 5.41. The van der Waals surface area contributed by atoms with Gasteiger partial charge < -0.3 is 10.3 Å². The number of hydrogen-bond donors (Lipinski definition) is 3. The molecule has 0 heterocycles. The average molecular weight is 233 g/mol. The highest BCUT2D eigenvalue weighted by molar-refractivity contribution is 6.31. The normalized spacial score (nSPS) is 15.0. The number of hydrogen-bond acceptors (Lipinski definition) is 4. The van der Waals surface area contributed by atoms with Crippen molar-refractivity contribution in [2.75, 3.05) is 6.61 Å². The molecule has 0 fully saturated rings. The summed E-state index contributed by atoms with van der Waals surface area (Å²) in [6.07, 6.45) is -0.953. The summed E-state index contributed by atoms with van der Waals surface area (Å²) < 4.78 is 0. The SMILES string of the molecule is Cc1ccc([C@H](O)CO[NH+](N)[O-])c(Cl)c1. The zero-order valence-electron chi connectivity index (χ0n) is 8.24. The quantitative estimate of drug-likeness (QED) is 0.499. The van der Waals surface area contributed by atoms with Crippen molar-refractivity contribution in [3.8, 4) is 0 Å². The lowest BCUT2D eigenvalue weighted by molar-refractivity contribution is -1.06. The summed E-state index contributed by atoms with van der Waals surface area (Å²) in [6, 6.07) is 5.23. The Morgan fingerprint density at radius 1 is 1.67 bits per heavy atom. The van der Waals surface area contributed by atoms with Crippen LogP contribution in [-0.2, 0) is 4.84 Å². The van der Waals surface area contributed by atoms with Gasteiger partial charge in [-0.3, -0.25) is 0 Å². The molecule has 6 heteroatoms. The minimum absolute atomic E-state index is 0.196. The molecule has 0 saturated heterocycles. The van der Waals surface area contributed by atoms with Gasteiger partial charge in [-0.25, -0.2) is 0 Å². The number of halogens is 1. The van der Waals surface area contributed by atoms with E-state index in [2.05, 4.69) is 4.84 Å². The third kappa shape index (κ3) is 3.75. The fraction of sp³-hybridized carbons (Fsp3) is 0.333. The first-order valence-corrected chi connectivity index (χ1v) is 4.75. The molecule has 0 spiro atoms. The van der Waals surface area contributed by atoms with Gasteiger partial charge >= 0.3 is 0 Å². The van der Waals surface area contributed by atoms with Crippen LogP contribution in [0.4, 0.5) is 0 Å². The Kier molecular flexibility index (Phi) is 4.46. The molecule has 0 radical (unpaired) electrons. The Morgan fingerprint density at radius 3 is 2.87 bits per heavy atom. The van der Waals surface area contributed by atoms with Crippen molar-refractivity contribution >= 4 is 11.6 Å². The molecule has 15 heavy (non-hydrogen) atoms. The number of aliphatic hydroxyl groups is 1. The van der Waals surface area contributed by atoms with E-state index in [-0.39, 0.29) is 6.61 Å². The van der Waals surface area contributed by atoms with Crippen molar-refractivity contribution in [3.05, 3.63) is 39.6 Å². The van der Waals surface area contributed by atoms with Gasteiger partial charge in [0.1, 0.15) is 12.7 Å². The summed E-state index contributed by atoms with van der Waals surface area (Å²) in [5, 5.41) is 19.5. The van der Waals surface area contributed by atoms with Gasteiger partial charge in [-0.1, -0.05) is 23.7 Å². The molecule has 2 atom stereocenters. The Hall–Kier alpha value is -0.690. The summed E-state index contributed by atoms with van der Waals surface area (Å²) in [6.45, 7) is 1.69. The molecular formula is C9H13ClN2O3. The first-order chi connectivity index (χ1) is 7.00. The van der Waals surface area contributed by atoms with Gasteiger partial charge in [-0.05, 0) is 18.6 Å². The van der Waals surface area contributed by atoms with E-state index in [4.69, 9.17) is 17.4 Å². The summed E-state index contributed by atoms with van der Waals surface area (Å²) >= 11 is 5.91. The van der Waals surface area contributed by atoms with Crippen molar-refractivity contribution in [1.82, 2.24) is 0 Å². The lowest BCUT2D eigenvalue weighted by Gasteiger charge is -2.16. The highest BCUT2D eigenvalue weighted by Gasteiger charge is 2.13. The van der Waals surface area contributed by atoms with Crippen molar-refractivity contribution < 1.29 is 15.3 Å². The van der Waals surface area contributed by atoms with Gasteiger partial charge in [-0.2, -0.15) is 4.84 Å². The lowest BCUT2D eigenvalue weighted by Crippen LogP contribution is -3.12. The molecule has 0 aliphatic carbocycles. The number of aryl methyl sites for hydroxylation is 1. The van der Waals surface area contributed by atoms with E-state index in [9.17, 15) is 10.3 Å². The highest BCUT2D eigenvalue weighted by Crippen LogP contribution is 2.23. The summed E-state index contributed by atoms with van der Waals surface area (Å²) in [7, 11) is 0. The minimum Gasteiger partial charge on any atom is -0.580 e. The van der Waals surface area contributed by atoms with Crippen LogP contribution in [0.15, 0.2) is 18.2 Å². The molecule has 0 amide bonds. The standard InChI is InChI=1S/C9H13ClN2O3/c1-6-2-3-7(8(10)4-6)9(13)5-15-12(11)14/h2-4,9,12-13H,5,11H2,1H3/t9-/m1/s1. The van der Waals surface area contributed by atoms with Crippen molar-refractivity contribution in [2.24, 2.45) is 5.84 Å². The molecule has 1 rings (SSSR count). The predicted molar refractivity (Wildman–Crippen MR) is 55.6 cm³/mol. The monoisotopic (exact) mass is 232 g/mol. The molecule has 0 bridgehead atoms. The maximum Gasteiger partial charge on any atom is 0.139 e. The van der Waals surface area contributed by atoms with Gasteiger partial charge in [0.05, 0.1) is 0 Å². The van der Waals surface area contributed by atoms with Crippen molar-refractivity contribution in [2.45, 2.75) is 13.0 Å². The van der Waals surface area contributed by atoms with Gasteiger partial charge in [0.25, 0.3) is 0 Å². The highest BCUT2D eigenvalue weighted by atomic mass is 35.5. The van der Waals surface area contributed by atoms with Crippen LogP contribution >= 0.6 is 11.6 Å². The van der Waals surface area contributed by atoms with Crippen LogP contribution in [0.1, 0.15) is 17.2 Å². The maximum absolute atomic E-state index is 10.3. The number of nitrogens with two attached hydrogens (primary N) is 1. The summed E-state index contributed by atoms with van der Waals surface area (Å²) in [5.41, 5.74) is 1.51. The molecule has 84 valence electrons. The van der Waals surface area contributed by atoms with Crippen LogP contribution in [0.25, 0.3) is 0 Å². The van der Waals surface area contributed by atoms with E-state index in [1.54, 1.807) is 12.1 Å². The smallest absolute Gasteiger partial charge is 0.139 e. The third-order valence-electron chi connectivity index (χ3n) is 1.90. The molecule has 1 aromatic rings. The molecule has 0 aliphatic rings. The fourth-order valence-corrected chi connectivity index (χ4v) is 1.51. The first kappa shape index (κ1) is 12.4. The van der Waals surface area contributed by atoms with Gasteiger partial charge in [0.2, 0.25) is 0 Å². The van der Waals surface area contributed by atoms with E-state index >= 15 is 0 Å². The maximum atomic E-state index is 10.3. The third-order valence-corrected chi connectivity index (χ3v) is 2.23. The first-order valence-electron chi connectivity index (χ1n) is 4.37. The molecule has 1 aromatic carbocycles. The Labute approximate surface area is 92.5 Å². The number of benzene rings is 1. The van der Waals surface area contributed by atoms with Crippen LogP contribution in [0.3, 0.4) is 0 Å². The van der Waals surface area contributed by atoms with Gasteiger partial charge in [-0.15, -0.1) is 11.2 Å². The topological polar surface area (TPSA) is 83.0 Å². The largest absolute Gasteiger partial charge is 0.580 e. The lowest BCUT2D eigenvalue weighted by atomic mass is 10.1. The molecule has 5 nitrogen and oxygen atoms in total. The van der Waals surface area contributed by atoms with Gasteiger partial charge in [0.15, 0.2) is 0 Å².